The van der Waals surface area contributed by atoms with E-state index in [1.54, 1.807) is 0 Å². The van der Waals surface area contributed by atoms with Gasteiger partial charge in [0.25, 0.3) is 0 Å². The zero-order valence-electron chi connectivity index (χ0n) is 11.8. The Hall–Kier alpha value is -2.44. The van der Waals surface area contributed by atoms with Crippen molar-refractivity contribution in [3.05, 3.63) is 40.6 Å². The lowest BCUT2D eigenvalue weighted by Gasteiger charge is -2.10. The topological polar surface area (TPSA) is 77.1 Å². The third kappa shape index (κ3) is 3.77. The van der Waals surface area contributed by atoms with Crippen LogP contribution in [-0.4, -0.2) is 21.7 Å². The normalized spacial score (nSPS) is 12.1. The van der Waals surface area contributed by atoms with Gasteiger partial charge < -0.3 is 9.73 Å². The Morgan fingerprint density at radius 1 is 1.43 bits per heavy atom. The van der Waals surface area contributed by atoms with E-state index < -0.39 is 11.6 Å². The molecular formula is C14H16FN3O3. The molecule has 0 aliphatic carbocycles. The summed E-state index contributed by atoms with van der Waals surface area (Å²) < 4.78 is 18.8. The lowest BCUT2D eigenvalue weighted by atomic mass is 10.2. The number of carbonyl (C=O) groups excluding carboxylic acids is 1. The summed E-state index contributed by atoms with van der Waals surface area (Å²) in [5, 5.41) is 6.67. The quantitative estimate of drug-likeness (QED) is 0.907. The smallest absolute Gasteiger partial charge is 0.388 e. The highest BCUT2D eigenvalue weighted by molar-refractivity contribution is 5.75. The van der Waals surface area contributed by atoms with Crippen LogP contribution in [0.3, 0.4) is 0 Å². The maximum atomic E-state index is 12.8. The lowest BCUT2D eigenvalue weighted by molar-refractivity contribution is -0.122. The van der Waals surface area contributed by atoms with E-state index in [-0.39, 0.29) is 24.4 Å². The van der Waals surface area contributed by atoms with Crippen LogP contribution < -0.4 is 11.1 Å². The van der Waals surface area contributed by atoms with Crippen molar-refractivity contribution in [3.8, 4) is 11.5 Å². The van der Waals surface area contributed by atoms with Gasteiger partial charge in [-0.2, -0.15) is 4.68 Å². The van der Waals surface area contributed by atoms with Gasteiger partial charge in [-0.1, -0.05) is 6.92 Å². The molecule has 0 fully saturated rings. The molecule has 0 bridgehead atoms. The van der Waals surface area contributed by atoms with Gasteiger partial charge in [0.1, 0.15) is 12.4 Å². The summed E-state index contributed by atoms with van der Waals surface area (Å²) in [5.41, 5.74) is 0.467. The lowest BCUT2D eigenvalue weighted by Crippen LogP contribution is -2.36. The summed E-state index contributed by atoms with van der Waals surface area (Å²) in [5.74, 6) is -1.39. The average Bonchev–Trinajstić information content (AvgIpc) is 2.80. The molecule has 21 heavy (non-hydrogen) atoms. The van der Waals surface area contributed by atoms with Gasteiger partial charge in [0, 0.05) is 11.6 Å². The number of nitrogens with zero attached hydrogens (tertiary/aromatic N) is 2. The molecular weight excluding hydrogens is 277 g/mol. The van der Waals surface area contributed by atoms with E-state index in [1.807, 2.05) is 13.8 Å². The van der Waals surface area contributed by atoms with Gasteiger partial charge in [0.15, 0.2) is 0 Å². The molecule has 0 radical (unpaired) electrons. The van der Waals surface area contributed by atoms with E-state index in [0.717, 1.165) is 11.1 Å². The Labute approximate surface area is 120 Å². The zero-order chi connectivity index (χ0) is 15.4. The molecule has 1 atom stereocenters. The van der Waals surface area contributed by atoms with Crippen molar-refractivity contribution in [3.63, 3.8) is 0 Å². The first-order valence-corrected chi connectivity index (χ1v) is 6.63. The van der Waals surface area contributed by atoms with Crippen LogP contribution in [0.15, 0.2) is 33.5 Å². The maximum Gasteiger partial charge on any atom is 0.437 e. The van der Waals surface area contributed by atoms with Crippen molar-refractivity contribution in [2.75, 3.05) is 0 Å². The molecule has 1 unspecified atom stereocenters. The SMILES string of the molecule is CCC(C)NC(=O)Cn1nc(-c2ccc(F)cc2)oc1=O. The standard InChI is InChI=1S/C14H16FN3O3/c1-3-9(2)16-12(19)8-18-14(20)21-13(17-18)10-4-6-11(15)7-5-10/h4-7,9H,3,8H2,1-2H3,(H,16,19). The molecule has 112 valence electrons. The second kappa shape index (κ2) is 6.34. The molecule has 1 aromatic heterocycles. The fourth-order valence-corrected chi connectivity index (χ4v) is 1.67. The zero-order valence-corrected chi connectivity index (χ0v) is 11.8. The highest BCUT2D eigenvalue weighted by Crippen LogP contribution is 2.15. The summed E-state index contributed by atoms with van der Waals surface area (Å²) in [6.45, 7) is 3.60. The average molecular weight is 293 g/mol. The fourth-order valence-electron chi connectivity index (χ4n) is 1.67. The van der Waals surface area contributed by atoms with Crippen LogP contribution >= 0.6 is 0 Å². The monoisotopic (exact) mass is 293 g/mol. The molecule has 2 aromatic rings. The molecule has 7 heteroatoms. The minimum Gasteiger partial charge on any atom is -0.388 e. The maximum absolute atomic E-state index is 12.8. The number of hydrogen-bond donors (Lipinski definition) is 1. The van der Waals surface area contributed by atoms with Gasteiger partial charge in [0.2, 0.25) is 11.8 Å². The van der Waals surface area contributed by atoms with Crippen molar-refractivity contribution in [2.45, 2.75) is 32.9 Å². The third-order valence-corrected chi connectivity index (χ3v) is 3.01. The molecule has 2 rings (SSSR count). The van der Waals surface area contributed by atoms with Crippen molar-refractivity contribution < 1.29 is 13.6 Å². The van der Waals surface area contributed by atoms with Gasteiger partial charge in [-0.3, -0.25) is 4.79 Å². The number of benzene rings is 1. The van der Waals surface area contributed by atoms with Crippen molar-refractivity contribution in [1.82, 2.24) is 15.1 Å². The largest absolute Gasteiger partial charge is 0.437 e. The molecule has 0 aliphatic heterocycles. The second-order valence-electron chi connectivity index (χ2n) is 4.71. The van der Waals surface area contributed by atoms with Crippen LogP contribution in [0.25, 0.3) is 11.5 Å². The number of carbonyl (C=O) groups is 1. The minimum absolute atomic E-state index is 0.0247. The predicted octanol–water partition coefficient (Wildman–Crippen LogP) is 1.56. The summed E-state index contributed by atoms with van der Waals surface area (Å²) in [6, 6.07) is 5.40. The highest BCUT2D eigenvalue weighted by atomic mass is 19.1. The van der Waals surface area contributed by atoms with Gasteiger partial charge >= 0.3 is 5.76 Å². The Bertz CT molecular complexity index is 676. The number of rotatable bonds is 5. The first-order chi connectivity index (χ1) is 9.99. The number of aromatic nitrogens is 2. The number of amides is 1. The molecule has 1 heterocycles. The van der Waals surface area contributed by atoms with Crippen molar-refractivity contribution in [2.24, 2.45) is 0 Å². The molecule has 1 N–H and O–H groups in total. The van der Waals surface area contributed by atoms with Gasteiger partial charge in [-0.25, -0.2) is 9.18 Å². The molecule has 1 amide bonds. The summed E-state index contributed by atoms with van der Waals surface area (Å²) in [6.07, 6.45) is 0.792. The van der Waals surface area contributed by atoms with Gasteiger partial charge in [-0.15, -0.1) is 5.10 Å². The Kier molecular flexibility index (Phi) is 4.52. The first-order valence-electron chi connectivity index (χ1n) is 6.63. The van der Waals surface area contributed by atoms with Crippen molar-refractivity contribution >= 4 is 5.91 Å². The number of halogens is 1. The summed E-state index contributed by atoms with van der Waals surface area (Å²) in [4.78, 5) is 23.4. The molecule has 6 nitrogen and oxygen atoms in total. The van der Waals surface area contributed by atoms with E-state index in [1.165, 1.54) is 24.3 Å². The van der Waals surface area contributed by atoms with Crippen LogP contribution in [0.5, 0.6) is 0 Å². The summed E-state index contributed by atoms with van der Waals surface area (Å²) in [7, 11) is 0. The van der Waals surface area contributed by atoms with E-state index in [2.05, 4.69) is 10.4 Å². The Balaban J connectivity index is 2.14. The van der Waals surface area contributed by atoms with Gasteiger partial charge in [0.05, 0.1) is 0 Å². The first kappa shape index (κ1) is 15.0. The number of nitrogens with one attached hydrogen (secondary N) is 1. The molecule has 0 spiro atoms. The fraction of sp³-hybridized carbons (Fsp3) is 0.357. The van der Waals surface area contributed by atoms with E-state index >= 15 is 0 Å². The predicted molar refractivity (Wildman–Crippen MR) is 74.1 cm³/mol. The van der Waals surface area contributed by atoms with Crippen LogP contribution in [0.2, 0.25) is 0 Å². The molecule has 0 saturated carbocycles. The molecule has 0 saturated heterocycles. The molecule has 1 aromatic carbocycles. The Morgan fingerprint density at radius 2 is 2.10 bits per heavy atom. The van der Waals surface area contributed by atoms with E-state index in [4.69, 9.17) is 4.42 Å². The van der Waals surface area contributed by atoms with Crippen LogP contribution in [-0.2, 0) is 11.3 Å². The second-order valence-corrected chi connectivity index (χ2v) is 4.71. The van der Waals surface area contributed by atoms with E-state index in [9.17, 15) is 14.0 Å². The van der Waals surface area contributed by atoms with Crippen molar-refractivity contribution in [1.29, 1.82) is 0 Å². The molecule has 0 aliphatic rings. The van der Waals surface area contributed by atoms with Crippen LogP contribution in [0.1, 0.15) is 20.3 Å². The van der Waals surface area contributed by atoms with E-state index in [0.29, 0.717) is 5.56 Å². The van der Waals surface area contributed by atoms with Crippen LogP contribution in [0.4, 0.5) is 4.39 Å². The van der Waals surface area contributed by atoms with Gasteiger partial charge in [-0.05, 0) is 37.6 Å². The highest BCUT2D eigenvalue weighted by Gasteiger charge is 2.14. The Morgan fingerprint density at radius 3 is 2.71 bits per heavy atom. The number of hydrogen-bond acceptors (Lipinski definition) is 4. The third-order valence-electron chi connectivity index (χ3n) is 3.01. The van der Waals surface area contributed by atoms with Crippen LogP contribution in [0, 0.1) is 5.82 Å². The summed E-state index contributed by atoms with van der Waals surface area (Å²) >= 11 is 0. The minimum atomic E-state index is -0.728.